The number of alkyl halides is 5. The second kappa shape index (κ2) is 5.12. The molecule has 0 saturated carbocycles. The van der Waals surface area contributed by atoms with Crippen molar-refractivity contribution >= 4 is 11.6 Å². The number of hydrogen-bond donors (Lipinski definition) is 2. The minimum Gasteiger partial charge on any atom is -0.326 e. The first-order valence-electron chi connectivity index (χ1n) is 5.13. The molecule has 3 N–H and O–H groups in total. The molecule has 19 heavy (non-hydrogen) atoms. The van der Waals surface area contributed by atoms with Gasteiger partial charge in [0.15, 0.2) is 0 Å². The second-order valence-corrected chi connectivity index (χ2v) is 3.90. The predicted molar refractivity (Wildman–Crippen MR) is 58.7 cm³/mol. The zero-order valence-corrected chi connectivity index (χ0v) is 9.76. The zero-order valence-electron chi connectivity index (χ0n) is 9.76. The summed E-state index contributed by atoms with van der Waals surface area (Å²) < 4.78 is 62.4. The van der Waals surface area contributed by atoms with Crippen LogP contribution in [0.25, 0.3) is 0 Å². The first-order chi connectivity index (χ1) is 8.55. The van der Waals surface area contributed by atoms with E-state index in [-0.39, 0.29) is 11.3 Å². The van der Waals surface area contributed by atoms with Gasteiger partial charge < -0.3 is 11.1 Å². The molecular formula is C11H11F5N2O. The number of rotatable bonds is 3. The van der Waals surface area contributed by atoms with Crippen LogP contribution in [0.2, 0.25) is 0 Å². The van der Waals surface area contributed by atoms with Crippen LogP contribution >= 0.6 is 0 Å². The van der Waals surface area contributed by atoms with Gasteiger partial charge in [0.05, 0.1) is 0 Å². The molecule has 0 saturated heterocycles. The molecule has 1 rings (SSSR count). The first-order valence-corrected chi connectivity index (χ1v) is 5.13. The van der Waals surface area contributed by atoms with E-state index in [0.717, 1.165) is 12.1 Å². The van der Waals surface area contributed by atoms with E-state index in [1.54, 1.807) is 0 Å². The molecule has 0 fully saturated rings. The van der Waals surface area contributed by atoms with E-state index < -0.39 is 24.0 Å². The van der Waals surface area contributed by atoms with Crippen molar-refractivity contribution < 1.29 is 26.7 Å². The van der Waals surface area contributed by atoms with Gasteiger partial charge in [-0.1, -0.05) is 12.1 Å². The van der Waals surface area contributed by atoms with Gasteiger partial charge in [0.2, 0.25) is 5.91 Å². The number of amides is 1. The van der Waals surface area contributed by atoms with E-state index in [2.05, 4.69) is 5.32 Å². The monoisotopic (exact) mass is 282 g/mol. The van der Waals surface area contributed by atoms with E-state index in [1.165, 1.54) is 19.1 Å². The van der Waals surface area contributed by atoms with Crippen molar-refractivity contribution in [1.82, 2.24) is 0 Å². The van der Waals surface area contributed by atoms with Crippen molar-refractivity contribution in [2.75, 3.05) is 5.32 Å². The van der Waals surface area contributed by atoms with Gasteiger partial charge in [-0.25, -0.2) is 0 Å². The number of anilines is 1. The van der Waals surface area contributed by atoms with Gasteiger partial charge in [-0.15, -0.1) is 0 Å². The Bertz CT molecular complexity index is 455. The van der Waals surface area contributed by atoms with Crippen LogP contribution in [-0.4, -0.2) is 18.0 Å². The summed E-state index contributed by atoms with van der Waals surface area (Å²) in [6.07, 6.45) is -5.72. The minimum absolute atomic E-state index is 0.277. The Morgan fingerprint density at radius 3 is 2.00 bits per heavy atom. The normalized spacial score (nSPS) is 14.1. The summed E-state index contributed by atoms with van der Waals surface area (Å²) in [5.41, 5.74) is 4.85. The molecule has 1 amide bonds. The molecule has 0 aromatic heterocycles. The Balaban J connectivity index is 2.95. The molecular weight excluding hydrogens is 271 g/mol. The Kier molecular flexibility index (Phi) is 4.14. The summed E-state index contributed by atoms with van der Waals surface area (Å²) in [4.78, 5) is 10.7. The molecule has 0 aliphatic heterocycles. The summed E-state index contributed by atoms with van der Waals surface area (Å²) in [7, 11) is 0. The summed E-state index contributed by atoms with van der Waals surface area (Å²) in [6.45, 7) is 1.23. The highest BCUT2D eigenvalue weighted by atomic mass is 19.4. The highest BCUT2D eigenvalue weighted by Crippen LogP contribution is 2.43. The van der Waals surface area contributed by atoms with E-state index >= 15 is 0 Å². The maximum atomic E-state index is 13.0. The third kappa shape index (κ3) is 3.40. The SMILES string of the molecule is CC(=O)Nc1ccc([C@H](N)C(F)(F)C(F)(F)F)cc1. The zero-order chi connectivity index (χ0) is 14.8. The van der Waals surface area contributed by atoms with Crippen LogP contribution in [0.4, 0.5) is 27.6 Å². The maximum Gasteiger partial charge on any atom is 0.455 e. The van der Waals surface area contributed by atoms with Crippen molar-refractivity contribution in [2.45, 2.75) is 25.1 Å². The van der Waals surface area contributed by atoms with Gasteiger partial charge in [0, 0.05) is 12.6 Å². The van der Waals surface area contributed by atoms with Crippen molar-refractivity contribution in [3.05, 3.63) is 29.8 Å². The maximum absolute atomic E-state index is 13.0. The lowest BCUT2D eigenvalue weighted by atomic mass is 10.0. The van der Waals surface area contributed by atoms with Crippen molar-refractivity contribution in [1.29, 1.82) is 0 Å². The van der Waals surface area contributed by atoms with E-state index in [0.29, 0.717) is 0 Å². The Labute approximate surface area is 105 Å². The molecule has 8 heteroatoms. The number of hydrogen-bond acceptors (Lipinski definition) is 2. The summed E-state index contributed by atoms with van der Waals surface area (Å²) >= 11 is 0. The van der Waals surface area contributed by atoms with Gasteiger partial charge in [0.25, 0.3) is 0 Å². The quantitative estimate of drug-likeness (QED) is 0.838. The largest absolute Gasteiger partial charge is 0.455 e. The van der Waals surface area contributed by atoms with Crippen LogP contribution < -0.4 is 11.1 Å². The number of benzene rings is 1. The topological polar surface area (TPSA) is 55.1 Å². The van der Waals surface area contributed by atoms with E-state index in [1.807, 2.05) is 0 Å². The number of nitrogens with two attached hydrogens (primary N) is 1. The molecule has 0 spiro atoms. The smallest absolute Gasteiger partial charge is 0.326 e. The van der Waals surface area contributed by atoms with Crippen molar-refractivity contribution in [3.8, 4) is 0 Å². The highest BCUT2D eigenvalue weighted by Gasteiger charge is 2.61. The summed E-state index contributed by atoms with van der Waals surface area (Å²) in [5, 5.41) is 2.35. The van der Waals surface area contributed by atoms with Crippen LogP contribution in [0.5, 0.6) is 0 Å². The van der Waals surface area contributed by atoms with Crippen LogP contribution in [0, 0.1) is 0 Å². The standard InChI is InChI=1S/C11H11F5N2O/c1-6(19)18-8-4-2-7(3-5-8)9(17)10(12,13)11(14,15)16/h2-5,9H,17H2,1H3,(H,18,19)/t9-/m0/s1. The molecule has 0 bridgehead atoms. The second-order valence-electron chi connectivity index (χ2n) is 3.90. The average molecular weight is 282 g/mol. The third-order valence-electron chi connectivity index (χ3n) is 2.36. The average Bonchev–Trinajstić information content (AvgIpc) is 2.26. The van der Waals surface area contributed by atoms with Crippen LogP contribution in [-0.2, 0) is 4.79 Å². The summed E-state index contributed by atoms with van der Waals surface area (Å²) in [5.74, 6) is -5.42. The fourth-order valence-electron chi connectivity index (χ4n) is 1.36. The molecule has 106 valence electrons. The molecule has 0 radical (unpaired) electrons. The number of nitrogens with one attached hydrogen (secondary N) is 1. The predicted octanol–water partition coefficient (Wildman–Crippen LogP) is 2.84. The van der Waals surface area contributed by atoms with Gasteiger partial charge in [-0.3, -0.25) is 4.79 Å². The number of carbonyl (C=O) groups is 1. The lowest BCUT2D eigenvalue weighted by Crippen LogP contribution is -2.45. The molecule has 0 unspecified atom stereocenters. The fraction of sp³-hybridized carbons (Fsp3) is 0.364. The molecule has 3 nitrogen and oxygen atoms in total. The lowest BCUT2D eigenvalue weighted by Gasteiger charge is -2.26. The molecule has 1 aromatic carbocycles. The number of carbonyl (C=O) groups excluding carboxylic acids is 1. The van der Waals surface area contributed by atoms with Crippen LogP contribution in [0.3, 0.4) is 0 Å². The van der Waals surface area contributed by atoms with Crippen molar-refractivity contribution in [3.63, 3.8) is 0 Å². The highest BCUT2D eigenvalue weighted by molar-refractivity contribution is 5.88. The van der Waals surface area contributed by atoms with Crippen LogP contribution in [0.15, 0.2) is 24.3 Å². The van der Waals surface area contributed by atoms with Gasteiger partial charge in [0.1, 0.15) is 6.04 Å². The molecule has 0 aliphatic rings. The van der Waals surface area contributed by atoms with Gasteiger partial charge in [-0.05, 0) is 17.7 Å². The lowest BCUT2D eigenvalue weighted by molar-refractivity contribution is -0.291. The van der Waals surface area contributed by atoms with Gasteiger partial charge in [-0.2, -0.15) is 22.0 Å². The minimum atomic E-state index is -5.72. The molecule has 0 heterocycles. The molecule has 1 atom stereocenters. The molecule has 0 aliphatic carbocycles. The Hall–Kier alpha value is -1.70. The molecule has 1 aromatic rings. The van der Waals surface area contributed by atoms with Gasteiger partial charge >= 0.3 is 12.1 Å². The fourth-order valence-corrected chi connectivity index (χ4v) is 1.36. The third-order valence-corrected chi connectivity index (χ3v) is 2.36. The van der Waals surface area contributed by atoms with E-state index in [9.17, 15) is 26.7 Å². The van der Waals surface area contributed by atoms with Crippen molar-refractivity contribution in [2.24, 2.45) is 5.73 Å². The first kappa shape index (κ1) is 15.4. The van der Waals surface area contributed by atoms with Crippen LogP contribution in [0.1, 0.15) is 18.5 Å². The summed E-state index contributed by atoms with van der Waals surface area (Å²) in [6, 6.07) is 1.91. The Morgan fingerprint density at radius 1 is 1.16 bits per heavy atom. The Morgan fingerprint density at radius 2 is 1.63 bits per heavy atom. The van der Waals surface area contributed by atoms with E-state index in [4.69, 9.17) is 5.73 Å². The number of halogens is 5.